The molecule has 34 heavy (non-hydrogen) atoms. The standard InChI is InChI=1S/C26H30F3NO4/c1-26(2,3)34-25(31)30-20(11-7-8-12-32-15-18-9-5-4-6-10-18)16-33-17-23(30)19-13-21(27)24(29)22(28)14-19/h4-6,9-10,13-14,17,20H,7-8,11-12,15-16H2,1-3H3/t20-/m0/s1. The summed E-state index contributed by atoms with van der Waals surface area (Å²) >= 11 is 0. The van der Waals surface area contributed by atoms with Crippen molar-refractivity contribution in [2.75, 3.05) is 13.2 Å². The average Bonchev–Trinajstić information content (AvgIpc) is 2.78. The molecule has 0 saturated carbocycles. The van der Waals surface area contributed by atoms with Gasteiger partial charge in [-0.25, -0.2) is 18.0 Å². The van der Waals surface area contributed by atoms with Crippen LogP contribution >= 0.6 is 0 Å². The number of rotatable bonds is 8. The molecule has 0 radical (unpaired) electrons. The third-order valence-electron chi connectivity index (χ3n) is 5.17. The van der Waals surface area contributed by atoms with Crippen LogP contribution in [0.3, 0.4) is 0 Å². The minimum absolute atomic E-state index is 0.0156. The van der Waals surface area contributed by atoms with E-state index in [1.165, 1.54) is 11.2 Å². The molecule has 1 atom stereocenters. The van der Waals surface area contributed by atoms with Crippen molar-refractivity contribution in [2.24, 2.45) is 0 Å². The van der Waals surface area contributed by atoms with Gasteiger partial charge in [0.05, 0.1) is 18.3 Å². The van der Waals surface area contributed by atoms with E-state index in [-0.39, 0.29) is 17.9 Å². The molecular formula is C26H30F3NO4. The smallest absolute Gasteiger partial charge is 0.415 e. The first-order chi connectivity index (χ1) is 16.2. The second kappa shape index (κ2) is 11.4. The van der Waals surface area contributed by atoms with E-state index < -0.39 is 35.2 Å². The van der Waals surface area contributed by atoms with Crippen LogP contribution in [0.25, 0.3) is 5.70 Å². The molecule has 2 aromatic carbocycles. The maximum absolute atomic E-state index is 13.9. The van der Waals surface area contributed by atoms with E-state index in [9.17, 15) is 18.0 Å². The lowest BCUT2D eigenvalue weighted by atomic mass is 10.0. The highest BCUT2D eigenvalue weighted by Crippen LogP contribution is 2.31. The zero-order valence-electron chi connectivity index (χ0n) is 19.7. The first kappa shape index (κ1) is 25.6. The predicted molar refractivity (Wildman–Crippen MR) is 122 cm³/mol. The summed E-state index contributed by atoms with van der Waals surface area (Å²) in [7, 11) is 0. The van der Waals surface area contributed by atoms with Crippen LogP contribution in [0.1, 0.15) is 51.2 Å². The summed E-state index contributed by atoms with van der Waals surface area (Å²) in [5.41, 5.74) is 0.407. The van der Waals surface area contributed by atoms with Gasteiger partial charge in [-0.3, -0.25) is 4.90 Å². The second-order valence-corrected chi connectivity index (χ2v) is 9.13. The number of halogens is 3. The van der Waals surface area contributed by atoms with E-state index in [1.54, 1.807) is 20.8 Å². The van der Waals surface area contributed by atoms with Crippen LogP contribution in [-0.4, -0.2) is 35.8 Å². The highest BCUT2D eigenvalue weighted by molar-refractivity contribution is 5.83. The van der Waals surface area contributed by atoms with Crippen molar-refractivity contribution in [1.82, 2.24) is 4.90 Å². The molecule has 1 aliphatic heterocycles. The number of hydrogen-bond acceptors (Lipinski definition) is 4. The van der Waals surface area contributed by atoms with Gasteiger partial charge in [0.25, 0.3) is 0 Å². The molecule has 1 aliphatic rings. The van der Waals surface area contributed by atoms with Gasteiger partial charge in [0.2, 0.25) is 0 Å². The first-order valence-electron chi connectivity index (χ1n) is 11.3. The molecule has 2 aromatic rings. The molecule has 184 valence electrons. The highest BCUT2D eigenvalue weighted by atomic mass is 19.2. The number of amides is 1. The summed E-state index contributed by atoms with van der Waals surface area (Å²) in [5.74, 6) is -4.27. The number of carbonyl (C=O) groups is 1. The Kier molecular flexibility index (Phi) is 8.61. The van der Waals surface area contributed by atoms with Gasteiger partial charge < -0.3 is 14.2 Å². The largest absolute Gasteiger partial charge is 0.497 e. The van der Waals surface area contributed by atoms with Crippen LogP contribution in [-0.2, 0) is 20.8 Å². The van der Waals surface area contributed by atoms with Crippen molar-refractivity contribution in [3.63, 3.8) is 0 Å². The van der Waals surface area contributed by atoms with Crippen LogP contribution in [0, 0.1) is 17.5 Å². The molecule has 0 aliphatic carbocycles. The number of hydrogen-bond donors (Lipinski definition) is 0. The normalized spacial score (nSPS) is 16.1. The van der Waals surface area contributed by atoms with Gasteiger partial charge in [0.15, 0.2) is 17.5 Å². The molecule has 0 aromatic heterocycles. The van der Waals surface area contributed by atoms with E-state index in [1.807, 2.05) is 30.3 Å². The minimum Gasteiger partial charge on any atom is -0.497 e. The third kappa shape index (κ3) is 7.00. The van der Waals surface area contributed by atoms with Crippen molar-refractivity contribution < 1.29 is 32.2 Å². The average molecular weight is 478 g/mol. The maximum atomic E-state index is 13.9. The number of ether oxygens (including phenoxy) is 3. The molecule has 3 rings (SSSR count). The summed E-state index contributed by atoms with van der Waals surface area (Å²) in [6.45, 7) is 6.44. The zero-order chi connectivity index (χ0) is 24.7. The quantitative estimate of drug-likeness (QED) is 0.325. The predicted octanol–water partition coefficient (Wildman–Crippen LogP) is 6.43. The summed E-state index contributed by atoms with van der Waals surface area (Å²) in [6, 6.07) is 11.1. The fourth-order valence-electron chi connectivity index (χ4n) is 3.60. The summed E-state index contributed by atoms with van der Waals surface area (Å²) in [6.07, 6.45) is 2.61. The second-order valence-electron chi connectivity index (χ2n) is 9.13. The zero-order valence-corrected chi connectivity index (χ0v) is 19.7. The summed E-state index contributed by atoms with van der Waals surface area (Å²) in [4.78, 5) is 14.4. The van der Waals surface area contributed by atoms with Crippen LogP contribution < -0.4 is 0 Å². The molecule has 0 N–H and O–H groups in total. The minimum atomic E-state index is -1.57. The lowest BCUT2D eigenvalue weighted by molar-refractivity contribution is 0.0165. The molecule has 0 unspecified atom stereocenters. The Balaban J connectivity index is 1.67. The molecule has 0 fully saturated rings. The van der Waals surface area contributed by atoms with Gasteiger partial charge in [-0.15, -0.1) is 0 Å². The number of benzene rings is 2. The molecule has 0 bridgehead atoms. The van der Waals surface area contributed by atoms with Gasteiger partial charge in [-0.05, 0) is 57.7 Å². The Morgan fingerprint density at radius 1 is 1.09 bits per heavy atom. The molecule has 1 heterocycles. The van der Waals surface area contributed by atoms with Crippen molar-refractivity contribution in [2.45, 2.75) is 58.3 Å². The lowest BCUT2D eigenvalue weighted by Crippen LogP contribution is -2.46. The van der Waals surface area contributed by atoms with E-state index in [0.29, 0.717) is 19.6 Å². The van der Waals surface area contributed by atoms with Crippen LogP contribution in [0.2, 0.25) is 0 Å². The molecule has 0 saturated heterocycles. The van der Waals surface area contributed by atoms with Crippen molar-refractivity contribution in [3.05, 3.63) is 77.3 Å². The first-order valence-corrected chi connectivity index (χ1v) is 11.3. The Hall–Kier alpha value is -3.00. The Labute approximate surface area is 198 Å². The van der Waals surface area contributed by atoms with E-state index in [2.05, 4.69) is 0 Å². The number of unbranched alkanes of at least 4 members (excludes halogenated alkanes) is 1. The highest BCUT2D eigenvalue weighted by Gasteiger charge is 2.35. The molecule has 5 nitrogen and oxygen atoms in total. The van der Waals surface area contributed by atoms with Crippen LogP contribution in [0.4, 0.5) is 18.0 Å². The Bertz CT molecular complexity index is 982. The van der Waals surface area contributed by atoms with E-state index >= 15 is 0 Å². The van der Waals surface area contributed by atoms with E-state index in [4.69, 9.17) is 14.2 Å². The monoisotopic (exact) mass is 477 g/mol. The van der Waals surface area contributed by atoms with Crippen LogP contribution in [0.5, 0.6) is 0 Å². The molecule has 0 spiro atoms. The van der Waals surface area contributed by atoms with E-state index in [0.717, 1.165) is 30.5 Å². The fourth-order valence-corrected chi connectivity index (χ4v) is 3.60. The maximum Gasteiger partial charge on any atom is 0.415 e. The lowest BCUT2D eigenvalue weighted by Gasteiger charge is -2.37. The Morgan fingerprint density at radius 3 is 2.41 bits per heavy atom. The van der Waals surface area contributed by atoms with Crippen LogP contribution in [0.15, 0.2) is 48.7 Å². The number of carbonyl (C=O) groups excluding carboxylic acids is 1. The van der Waals surface area contributed by atoms with Gasteiger partial charge in [0.1, 0.15) is 18.5 Å². The van der Waals surface area contributed by atoms with Gasteiger partial charge in [-0.1, -0.05) is 30.3 Å². The number of nitrogens with zero attached hydrogens (tertiary/aromatic N) is 1. The summed E-state index contributed by atoms with van der Waals surface area (Å²) in [5, 5.41) is 0. The third-order valence-corrected chi connectivity index (χ3v) is 5.17. The van der Waals surface area contributed by atoms with Gasteiger partial charge in [-0.2, -0.15) is 0 Å². The summed E-state index contributed by atoms with van der Waals surface area (Å²) < 4.78 is 58.1. The molecule has 1 amide bonds. The van der Waals surface area contributed by atoms with Gasteiger partial charge >= 0.3 is 6.09 Å². The van der Waals surface area contributed by atoms with Gasteiger partial charge in [0, 0.05) is 12.2 Å². The van der Waals surface area contributed by atoms with Crippen molar-refractivity contribution in [3.8, 4) is 0 Å². The SMILES string of the molecule is CC(C)(C)OC(=O)N1C(c2cc(F)c(F)c(F)c2)=COC[C@@H]1CCCCOCc1ccccc1. The topological polar surface area (TPSA) is 48.0 Å². The van der Waals surface area contributed by atoms with Crippen molar-refractivity contribution >= 4 is 11.8 Å². The Morgan fingerprint density at radius 2 is 1.76 bits per heavy atom. The fraction of sp³-hybridized carbons (Fsp3) is 0.423. The van der Waals surface area contributed by atoms with Crippen molar-refractivity contribution in [1.29, 1.82) is 0 Å². The molecular weight excluding hydrogens is 447 g/mol. The molecule has 8 heteroatoms.